The maximum absolute atomic E-state index is 4.38. The van der Waals surface area contributed by atoms with Crippen LogP contribution in [0.15, 0.2) is 17.5 Å². The lowest BCUT2D eigenvalue weighted by Crippen LogP contribution is -2.46. The largest absolute Gasteiger partial charge is 0.368 e. The fraction of sp³-hybridized carbons (Fsp3) is 0.684. The molecule has 1 atom stereocenters. The van der Waals surface area contributed by atoms with E-state index in [9.17, 15) is 0 Å². The Balaban J connectivity index is 0.00000240. The minimum absolute atomic E-state index is 0. The predicted octanol–water partition coefficient (Wildman–Crippen LogP) is 1.58. The van der Waals surface area contributed by atoms with Gasteiger partial charge in [-0.25, -0.2) is 9.97 Å². The van der Waals surface area contributed by atoms with Gasteiger partial charge in [0.1, 0.15) is 12.1 Å². The van der Waals surface area contributed by atoms with Gasteiger partial charge in [0.25, 0.3) is 0 Å². The van der Waals surface area contributed by atoms with Crippen molar-refractivity contribution in [2.45, 2.75) is 44.2 Å². The number of nitrogens with one attached hydrogen (secondary N) is 3. The molecule has 2 aliphatic rings. The number of guanidine groups is 1. The van der Waals surface area contributed by atoms with Gasteiger partial charge in [-0.2, -0.15) is 5.10 Å². The van der Waals surface area contributed by atoms with Gasteiger partial charge in [0.2, 0.25) is 0 Å². The second-order valence-electron chi connectivity index (χ2n) is 7.72. The molecule has 4 rings (SSSR count). The minimum Gasteiger partial charge on any atom is -0.368 e. The summed E-state index contributed by atoms with van der Waals surface area (Å²) in [6.45, 7) is 3.82. The van der Waals surface area contributed by atoms with Crippen molar-refractivity contribution in [2.24, 2.45) is 12.0 Å². The van der Waals surface area contributed by atoms with E-state index < -0.39 is 0 Å². The Kier molecular flexibility index (Phi) is 7.87. The molecule has 1 unspecified atom stereocenters. The highest BCUT2D eigenvalue weighted by molar-refractivity contribution is 14.0. The smallest absolute Gasteiger partial charge is 0.191 e. The molecule has 3 N–H and O–H groups in total. The summed E-state index contributed by atoms with van der Waals surface area (Å²) in [6, 6.07) is 1.29. The summed E-state index contributed by atoms with van der Waals surface area (Å²) in [6.07, 6.45) is 10.1. The summed E-state index contributed by atoms with van der Waals surface area (Å²) in [4.78, 5) is 15.6. The van der Waals surface area contributed by atoms with Crippen LogP contribution in [0.3, 0.4) is 0 Å². The first-order valence-electron chi connectivity index (χ1n) is 10.3. The first kappa shape index (κ1) is 22.0. The predicted molar refractivity (Wildman–Crippen MR) is 127 cm³/mol. The van der Waals surface area contributed by atoms with Gasteiger partial charge in [-0.3, -0.25) is 14.6 Å². The highest BCUT2D eigenvalue weighted by Gasteiger charge is 2.30. The van der Waals surface area contributed by atoms with E-state index in [1.807, 2.05) is 14.1 Å². The quantitative estimate of drug-likeness (QED) is 0.234. The monoisotopic (exact) mass is 513 g/mol. The Hall–Kier alpha value is -1.69. The van der Waals surface area contributed by atoms with Crippen LogP contribution in [0.25, 0.3) is 11.0 Å². The standard InChI is InChI=1S/C19H31N9.HI/c1-20-19(26-14-7-10-28(12-14)15-5-3-4-6-15)22-9-8-21-17-16-11-25-27(2)18(16)24-13-23-17;/h11,13-15H,3-10,12H2,1-2H3,(H2,20,22,26)(H,21,23,24);1H. The number of hydrogen-bond acceptors (Lipinski definition) is 6. The van der Waals surface area contributed by atoms with Crippen molar-refractivity contribution in [1.29, 1.82) is 0 Å². The molecule has 2 aromatic rings. The van der Waals surface area contributed by atoms with Gasteiger partial charge in [0.05, 0.1) is 11.6 Å². The van der Waals surface area contributed by atoms with Crippen molar-refractivity contribution in [3.63, 3.8) is 0 Å². The molecule has 29 heavy (non-hydrogen) atoms. The second kappa shape index (κ2) is 10.4. The van der Waals surface area contributed by atoms with E-state index in [4.69, 9.17) is 0 Å². The third-order valence-electron chi connectivity index (χ3n) is 5.86. The van der Waals surface area contributed by atoms with Crippen LogP contribution >= 0.6 is 24.0 Å². The normalized spacial score (nSPS) is 20.8. The Bertz CT molecular complexity index is 815. The van der Waals surface area contributed by atoms with Crippen molar-refractivity contribution in [1.82, 2.24) is 35.3 Å². The summed E-state index contributed by atoms with van der Waals surface area (Å²) in [5.41, 5.74) is 0.830. The summed E-state index contributed by atoms with van der Waals surface area (Å²) in [5, 5.41) is 15.5. The van der Waals surface area contributed by atoms with Gasteiger partial charge in [-0.05, 0) is 19.3 Å². The van der Waals surface area contributed by atoms with Crippen LogP contribution in [-0.2, 0) is 7.05 Å². The van der Waals surface area contributed by atoms with Crippen LogP contribution in [-0.4, -0.2) is 75.9 Å². The second-order valence-corrected chi connectivity index (χ2v) is 7.72. The van der Waals surface area contributed by atoms with Gasteiger partial charge >= 0.3 is 0 Å². The number of likely N-dealkylation sites (tertiary alicyclic amines) is 1. The van der Waals surface area contributed by atoms with Crippen molar-refractivity contribution in [2.75, 3.05) is 38.5 Å². The summed E-state index contributed by atoms with van der Waals surface area (Å²) in [5.74, 6) is 1.68. The maximum atomic E-state index is 4.38. The van der Waals surface area contributed by atoms with E-state index in [1.165, 1.54) is 38.6 Å². The lowest BCUT2D eigenvalue weighted by Gasteiger charge is -2.24. The number of aryl methyl sites for hydroxylation is 1. The minimum atomic E-state index is 0. The molecule has 3 heterocycles. The summed E-state index contributed by atoms with van der Waals surface area (Å²) >= 11 is 0. The van der Waals surface area contributed by atoms with Crippen LogP contribution in [0.5, 0.6) is 0 Å². The first-order valence-corrected chi connectivity index (χ1v) is 10.3. The molecule has 160 valence electrons. The molecule has 0 spiro atoms. The van der Waals surface area contributed by atoms with Gasteiger partial charge < -0.3 is 16.0 Å². The van der Waals surface area contributed by atoms with Gasteiger partial charge in [-0.1, -0.05) is 12.8 Å². The van der Waals surface area contributed by atoms with Crippen LogP contribution < -0.4 is 16.0 Å². The SMILES string of the molecule is CN=C(NCCNc1ncnc2c1cnn2C)NC1CCN(C2CCCC2)C1.I. The Morgan fingerprint density at radius 3 is 2.83 bits per heavy atom. The highest BCUT2D eigenvalue weighted by atomic mass is 127. The Morgan fingerprint density at radius 2 is 2.03 bits per heavy atom. The van der Waals surface area contributed by atoms with Crippen molar-refractivity contribution >= 4 is 46.8 Å². The average Bonchev–Trinajstić information content (AvgIpc) is 3.46. The van der Waals surface area contributed by atoms with Crippen molar-refractivity contribution in [3.8, 4) is 0 Å². The molecule has 0 amide bonds. The molecule has 9 nitrogen and oxygen atoms in total. The van der Waals surface area contributed by atoms with E-state index in [1.54, 1.807) is 17.2 Å². The molecule has 0 radical (unpaired) electrons. The third-order valence-corrected chi connectivity index (χ3v) is 5.86. The molecule has 0 bridgehead atoms. The highest BCUT2D eigenvalue weighted by Crippen LogP contribution is 2.26. The zero-order valence-corrected chi connectivity index (χ0v) is 19.6. The molecule has 1 saturated carbocycles. The van der Waals surface area contributed by atoms with E-state index in [0.717, 1.165) is 48.5 Å². The average molecular weight is 513 g/mol. The fourth-order valence-corrected chi connectivity index (χ4v) is 4.36. The summed E-state index contributed by atoms with van der Waals surface area (Å²) in [7, 11) is 3.71. The number of nitrogens with zero attached hydrogens (tertiary/aromatic N) is 6. The van der Waals surface area contributed by atoms with Gasteiger partial charge in [-0.15, -0.1) is 24.0 Å². The lowest BCUT2D eigenvalue weighted by atomic mass is 10.2. The molecule has 1 saturated heterocycles. The summed E-state index contributed by atoms with van der Waals surface area (Å²) < 4.78 is 1.75. The number of rotatable bonds is 6. The van der Waals surface area contributed by atoms with Crippen LogP contribution in [0.1, 0.15) is 32.1 Å². The number of fused-ring (bicyclic) bond motifs is 1. The fourth-order valence-electron chi connectivity index (χ4n) is 4.36. The molecule has 2 aromatic heterocycles. The molecule has 1 aliphatic carbocycles. The number of halogens is 1. The lowest BCUT2D eigenvalue weighted by molar-refractivity contribution is 0.242. The van der Waals surface area contributed by atoms with E-state index >= 15 is 0 Å². The van der Waals surface area contributed by atoms with Crippen molar-refractivity contribution < 1.29 is 0 Å². The van der Waals surface area contributed by atoms with E-state index in [-0.39, 0.29) is 24.0 Å². The van der Waals surface area contributed by atoms with Crippen molar-refractivity contribution in [3.05, 3.63) is 12.5 Å². The van der Waals surface area contributed by atoms with Gasteiger partial charge in [0.15, 0.2) is 11.6 Å². The molecule has 10 heteroatoms. The number of hydrogen-bond donors (Lipinski definition) is 3. The molecular weight excluding hydrogens is 481 g/mol. The third kappa shape index (κ3) is 5.27. The Morgan fingerprint density at radius 1 is 1.21 bits per heavy atom. The number of anilines is 1. The molecule has 2 fully saturated rings. The first-order chi connectivity index (χ1) is 13.7. The van der Waals surface area contributed by atoms with Gasteiger partial charge in [0, 0.05) is 52.4 Å². The topological polar surface area (TPSA) is 95.3 Å². The van der Waals surface area contributed by atoms with Crippen LogP contribution in [0.4, 0.5) is 5.82 Å². The maximum Gasteiger partial charge on any atom is 0.191 e. The van der Waals surface area contributed by atoms with E-state index in [0.29, 0.717) is 6.04 Å². The zero-order valence-electron chi connectivity index (χ0n) is 17.3. The van der Waals surface area contributed by atoms with Crippen LogP contribution in [0.2, 0.25) is 0 Å². The molecule has 1 aliphatic heterocycles. The molecule has 0 aromatic carbocycles. The van der Waals surface area contributed by atoms with Crippen LogP contribution in [0, 0.1) is 0 Å². The Labute approximate surface area is 189 Å². The number of aliphatic imine (C=N–C) groups is 1. The molecular formula is C19H32IN9. The van der Waals surface area contributed by atoms with E-state index in [2.05, 4.69) is 40.9 Å². The zero-order chi connectivity index (χ0) is 19.3. The number of aromatic nitrogens is 4.